The van der Waals surface area contributed by atoms with Gasteiger partial charge in [-0.25, -0.2) is 0 Å². The molecule has 1 aromatic heterocycles. The van der Waals surface area contributed by atoms with Crippen LogP contribution in [-0.2, 0) is 11.2 Å². The first-order valence-electron chi connectivity index (χ1n) is 11.9. The van der Waals surface area contributed by atoms with E-state index < -0.39 is 6.10 Å². The summed E-state index contributed by atoms with van der Waals surface area (Å²) in [5.41, 5.74) is 8.90. The maximum absolute atomic E-state index is 11.7. The quantitative estimate of drug-likeness (QED) is 0.276. The van der Waals surface area contributed by atoms with Crippen LogP contribution in [0.5, 0.6) is 11.5 Å². The lowest BCUT2D eigenvalue weighted by molar-refractivity contribution is -0.254. The Labute approximate surface area is 220 Å². The number of benzene rings is 3. The molecule has 1 aliphatic rings. The van der Waals surface area contributed by atoms with E-state index in [2.05, 4.69) is 10.7 Å². The maximum atomic E-state index is 11.7. The van der Waals surface area contributed by atoms with Crippen LogP contribution in [0.25, 0.3) is 10.9 Å². The third-order valence-electron chi connectivity index (χ3n) is 6.27. The lowest BCUT2D eigenvalue weighted by Gasteiger charge is -2.33. The average molecular weight is 525 g/mol. The second-order valence-electron chi connectivity index (χ2n) is 8.77. The predicted octanol–water partition coefficient (Wildman–Crippen LogP) is 3.23. The Hall–Kier alpha value is -3.56. The van der Waals surface area contributed by atoms with Crippen molar-refractivity contribution in [3.63, 3.8) is 0 Å². The minimum atomic E-state index is -0.913. The van der Waals surface area contributed by atoms with Crippen LogP contribution in [0.4, 0.5) is 5.69 Å². The zero-order valence-corrected chi connectivity index (χ0v) is 21.3. The molecular weight excluding hydrogens is 494 g/mol. The summed E-state index contributed by atoms with van der Waals surface area (Å²) >= 11 is 6.18. The Kier molecular flexibility index (Phi) is 8.68. The molecule has 194 valence electrons. The number of aliphatic hydroxyl groups excluding tert-OH is 2. The highest BCUT2D eigenvalue weighted by molar-refractivity contribution is 6.31. The number of hydrogen-bond donors (Lipinski definition) is 4. The molecule has 0 aliphatic carbocycles. The molecule has 0 saturated carbocycles. The molecule has 37 heavy (non-hydrogen) atoms. The highest BCUT2D eigenvalue weighted by Gasteiger charge is 2.31. The normalized spacial score (nSPS) is 15.4. The summed E-state index contributed by atoms with van der Waals surface area (Å²) in [5.74, 6) is 1.47. The van der Waals surface area contributed by atoms with E-state index in [0.717, 1.165) is 46.4 Å². The van der Waals surface area contributed by atoms with Crippen molar-refractivity contribution in [1.82, 2.24) is 9.88 Å². The number of carbonyl (C=O) groups is 1. The van der Waals surface area contributed by atoms with Gasteiger partial charge in [0, 0.05) is 40.3 Å². The number of aromatic nitrogens is 1. The predicted molar refractivity (Wildman–Crippen MR) is 142 cm³/mol. The van der Waals surface area contributed by atoms with Crippen molar-refractivity contribution < 1.29 is 30.2 Å². The molecule has 2 heterocycles. The SMILES string of the molecule is COc1ccc([NH3+])cc1.O=CN1CCc2c([nH]c3ccc(Cl)cc23)C1c1ccc(OCC(O)CO)cc1. The summed E-state index contributed by atoms with van der Waals surface area (Å²) in [6, 6.07) is 20.6. The Morgan fingerprint density at radius 1 is 1.14 bits per heavy atom. The van der Waals surface area contributed by atoms with Crippen LogP contribution in [0, 0.1) is 0 Å². The van der Waals surface area contributed by atoms with Gasteiger partial charge in [-0.1, -0.05) is 23.7 Å². The van der Waals surface area contributed by atoms with Crippen molar-refractivity contribution in [2.45, 2.75) is 18.6 Å². The molecule has 0 saturated heterocycles. The second kappa shape index (κ2) is 12.1. The van der Waals surface area contributed by atoms with E-state index in [4.69, 9.17) is 26.2 Å². The van der Waals surface area contributed by atoms with Gasteiger partial charge in [0.25, 0.3) is 0 Å². The molecule has 1 amide bonds. The number of rotatable bonds is 7. The van der Waals surface area contributed by atoms with Gasteiger partial charge in [0.15, 0.2) is 0 Å². The van der Waals surface area contributed by atoms with Crippen LogP contribution in [0.3, 0.4) is 0 Å². The number of aromatic amines is 1. The third kappa shape index (κ3) is 6.23. The topological polar surface area (TPSA) is 123 Å². The lowest BCUT2D eigenvalue weighted by Crippen LogP contribution is -2.39. The maximum Gasteiger partial charge on any atom is 0.210 e. The summed E-state index contributed by atoms with van der Waals surface area (Å²) < 4.78 is 10.4. The molecule has 1 aliphatic heterocycles. The number of amides is 1. The van der Waals surface area contributed by atoms with E-state index in [1.807, 2.05) is 54.6 Å². The number of nitrogens with one attached hydrogen (secondary N) is 1. The second-order valence-corrected chi connectivity index (χ2v) is 9.20. The summed E-state index contributed by atoms with van der Waals surface area (Å²) in [6.45, 7) is 0.301. The summed E-state index contributed by atoms with van der Waals surface area (Å²) in [5, 5.41) is 20.1. The van der Waals surface area contributed by atoms with E-state index >= 15 is 0 Å². The molecule has 3 aromatic carbocycles. The van der Waals surface area contributed by atoms with Gasteiger partial charge in [0.2, 0.25) is 6.41 Å². The van der Waals surface area contributed by atoms with Crippen molar-refractivity contribution in [2.75, 3.05) is 26.9 Å². The number of aliphatic hydroxyl groups is 2. The van der Waals surface area contributed by atoms with Crippen LogP contribution in [0.2, 0.25) is 5.02 Å². The van der Waals surface area contributed by atoms with E-state index in [0.29, 0.717) is 17.3 Å². The van der Waals surface area contributed by atoms with Gasteiger partial charge in [0.1, 0.15) is 29.9 Å². The van der Waals surface area contributed by atoms with Gasteiger partial charge < -0.3 is 35.3 Å². The fourth-order valence-electron chi connectivity index (χ4n) is 4.37. The number of halogens is 1. The van der Waals surface area contributed by atoms with Crippen molar-refractivity contribution in [2.24, 2.45) is 0 Å². The number of carbonyl (C=O) groups excluding carboxylic acids is 1. The molecule has 6 N–H and O–H groups in total. The number of quaternary nitrogens is 1. The van der Waals surface area contributed by atoms with Gasteiger partial charge in [-0.3, -0.25) is 4.79 Å². The molecule has 5 rings (SSSR count). The first kappa shape index (κ1) is 26.5. The molecule has 9 heteroatoms. The molecular formula is C28H31ClN3O5+. The first-order valence-corrected chi connectivity index (χ1v) is 12.3. The monoisotopic (exact) mass is 524 g/mol. The van der Waals surface area contributed by atoms with Crippen LogP contribution >= 0.6 is 11.6 Å². The standard InChI is InChI=1S/C21H21ClN2O4.C7H9NO/c22-14-3-6-19-18(9-14)17-7-8-24(12-26)21(20(17)23-19)13-1-4-16(5-2-13)28-11-15(27)10-25;1-9-7-4-2-6(8)3-5-7/h1-6,9,12,15,21,23,25,27H,7-8,10-11H2;2-5H,8H2,1H3/p+1. The van der Waals surface area contributed by atoms with Crippen LogP contribution in [-0.4, -0.2) is 59.5 Å². The Bertz CT molecular complexity index is 1320. The Morgan fingerprint density at radius 3 is 2.49 bits per heavy atom. The molecule has 4 aromatic rings. The smallest absolute Gasteiger partial charge is 0.210 e. The third-order valence-corrected chi connectivity index (χ3v) is 6.50. The molecule has 2 atom stereocenters. The average Bonchev–Trinajstić information content (AvgIpc) is 3.30. The lowest BCUT2D eigenvalue weighted by atomic mass is 9.93. The van der Waals surface area contributed by atoms with Gasteiger partial charge >= 0.3 is 0 Å². The van der Waals surface area contributed by atoms with Crippen molar-refractivity contribution in [1.29, 1.82) is 0 Å². The molecule has 0 bridgehead atoms. The van der Waals surface area contributed by atoms with Crippen molar-refractivity contribution in [3.05, 3.63) is 88.6 Å². The van der Waals surface area contributed by atoms with E-state index in [1.54, 1.807) is 24.1 Å². The highest BCUT2D eigenvalue weighted by Crippen LogP contribution is 2.38. The fourth-order valence-corrected chi connectivity index (χ4v) is 4.54. The van der Waals surface area contributed by atoms with Crippen LogP contribution in [0.15, 0.2) is 66.7 Å². The van der Waals surface area contributed by atoms with Crippen LogP contribution < -0.4 is 15.2 Å². The largest absolute Gasteiger partial charge is 0.497 e. The molecule has 0 spiro atoms. The Morgan fingerprint density at radius 2 is 1.84 bits per heavy atom. The number of H-pyrrole nitrogens is 1. The molecule has 2 unspecified atom stereocenters. The Balaban J connectivity index is 0.000000301. The number of ether oxygens (including phenoxy) is 2. The molecule has 8 nitrogen and oxygen atoms in total. The summed E-state index contributed by atoms with van der Waals surface area (Å²) in [4.78, 5) is 17.0. The number of nitrogens with zero attached hydrogens (tertiary/aromatic N) is 1. The van der Waals surface area contributed by atoms with E-state index in [1.165, 1.54) is 5.56 Å². The fraction of sp³-hybridized carbons (Fsp3) is 0.250. The zero-order chi connectivity index (χ0) is 26.4. The van der Waals surface area contributed by atoms with Gasteiger partial charge in [0.05, 0.1) is 19.8 Å². The molecule has 0 radical (unpaired) electrons. The number of fused-ring (bicyclic) bond motifs is 3. The zero-order valence-electron chi connectivity index (χ0n) is 20.6. The van der Waals surface area contributed by atoms with Crippen molar-refractivity contribution in [3.8, 4) is 11.5 Å². The van der Waals surface area contributed by atoms with E-state index in [9.17, 15) is 9.90 Å². The summed E-state index contributed by atoms with van der Waals surface area (Å²) in [6.07, 6.45) is 0.739. The van der Waals surface area contributed by atoms with Crippen LogP contribution in [0.1, 0.15) is 22.9 Å². The number of methoxy groups -OCH3 is 1. The van der Waals surface area contributed by atoms with E-state index in [-0.39, 0.29) is 19.3 Å². The first-order chi connectivity index (χ1) is 17.9. The van der Waals surface area contributed by atoms with Crippen molar-refractivity contribution >= 4 is 34.6 Å². The number of hydrogen-bond acceptors (Lipinski definition) is 5. The summed E-state index contributed by atoms with van der Waals surface area (Å²) in [7, 11) is 1.65. The molecule has 0 fully saturated rings. The highest BCUT2D eigenvalue weighted by atomic mass is 35.5. The van der Waals surface area contributed by atoms with Gasteiger partial charge in [-0.2, -0.15) is 0 Å². The minimum absolute atomic E-state index is 0.0205. The minimum Gasteiger partial charge on any atom is -0.497 e. The van der Waals surface area contributed by atoms with Gasteiger partial charge in [-0.05, 0) is 60.0 Å². The van der Waals surface area contributed by atoms with Gasteiger partial charge in [-0.15, -0.1) is 0 Å².